The molecule has 2 aromatic heterocycles. The highest BCUT2D eigenvalue weighted by molar-refractivity contribution is 7.80. The summed E-state index contributed by atoms with van der Waals surface area (Å²) >= 11 is 4.40. The zero-order valence-corrected chi connectivity index (χ0v) is 13.0. The molecule has 22 heavy (non-hydrogen) atoms. The van der Waals surface area contributed by atoms with Crippen molar-refractivity contribution >= 4 is 24.1 Å². The Labute approximate surface area is 133 Å². The van der Waals surface area contributed by atoms with Crippen LogP contribution < -0.4 is 10.6 Å². The van der Waals surface area contributed by atoms with Crippen LogP contribution in [0.3, 0.4) is 0 Å². The number of benzene rings is 1. The van der Waals surface area contributed by atoms with Gasteiger partial charge in [-0.25, -0.2) is 4.98 Å². The highest BCUT2D eigenvalue weighted by Crippen LogP contribution is 2.30. The lowest BCUT2D eigenvalue weighted by Crippen LogP contribution is -2.19. The van der Waals surface area contributed by atoms with E-state index in [0.717, 1.165) is 18.9 Å². The van der Waals surface area contributed by atoms with Crippen molar-refractivity contribution < 1.29 is 5.11 Å². The molecule has 0 saturated carbocycles. The van der Waals surface area contributed by atoms with Crippen molar-refractivity contribution in [1.82, 2.24) is 19.9 Å². The number of rotatable bonds is 5. The fourth-order valence-corrected chi connectivity index (χ4v) is 2.42. The first-order valence-corrected chi connectivity index (χ1v) is 7.40. The molecule has 0 saturated heterocycles. The number of anilines is 1. The number of likely N-dealkylation sites (N-methyl/N-ethyl adjacent to an activating group) is 1. The number of aromatic nitrogens is 3. The molecule has 0 fully saturated rings. The molecule has 6 nitrogen and oxygen atoms in total. The second-order valence-corrected chi connectivity index (χ2v) is 5.32. The summed E-state index contributed by atoms with van der Waals surface area (Å²) in [6, 6.07) is 9.00. The molecule has 0 spiro atoms. The number of hydrogen-bond donors (Lipinski definition) is 4. The number of hydrogen-bond acceptors (Lipinski definition) is 6. The second-order valence-electron chi connectivity index (χ2n) is 4.84. The van der Waals surface area contributed by atoms with Gasteiger partial charge in [-0.1, -0.05) is 12.1 Å². The number of thiol groups is 1. The van der Waals surface area contributed by atoms with Crippen LogP contribution in [0.15, 0.2) is 41.4 Å². The van der Waals surface area contributed by atoms with E-state index >= 15 is 0 Å². The average molecular weight is 315 g/mol. The minimum Gasteiger partial charge on any atom is -0.507 e. The molecule has 0 aliphatic rings. The van der Waals surface area contributed by atoms with Gasteiger partial charge in [0.15, 0.2) is 5.65 Å². The van der Waals surface area contributed by atoms with Gasteiger partial charge in [-0.3, -0.25) is 0 Å². The smallest absolute Gasteiger partial charge is 0.171 e. The molecule has 0 bridgehead atoms. The minimum atomic E-state index is 0.195. The number of phenols is 1. The van der Waals surface area contributed by atoms with E-state index < -0.39 is 0 Å². The van der Waals surface area contributed by atoms with Crippen LogP contribution in [0, 0.1) is 0 Å². The van der Waals surface area contributed by atoms with E-state index in [2.05, 4.69) is 33.3 Å². The standard InChI is InChI=1S/C15H17N5OS/c1-16-6-7-17-14-8-11(10-4-2-3-5-12(10)21)19-15-13(22)9-18-20(14)15/h2-5,8-9,16-17,21-22H,6-7H2,1H3. The molecule has 3 aromatic rings. The van der Waals surface area contributed by atoms with Gasteiger partial charge in [0, 0.05) is 24.7 Å². The Morgan fingerprint density at radius 2 is 2.09 bits per heavy atom. The molecule has 114 valence electrons. The first-order chi connectivity index (χ1) is 10.7. The van der Waals surface area contributed by atoms with Crippen molar-refractivity contribution in [3.63, 3.8) is 0 Å². The molecule has 7 heteroatoms. The maximum Gasteiger partial charge on any atom is 0.171 e. The molecule has 0 atom stereocenters. The lowest BCUT2D eigenvalue weighted by atomic mass is 10.1. The van der Waals surface area contributed by atoms with Gasteiger partial charge < -0.3 is 15.7 Å². The highest BCUT2D eigenvalue weighted by atomic mass is 32.1. The van der Waals surface area contributed by atoms with Crippen molar-refractivity contribution in [1.29, 1.82) is 0 Å². The Morgan fingerprint density at radius 1 is 1.27 bits per heavy atom. The zero-order chi connectivity index (χ0) is 15.5. The van der Waals surface area contributed by atoms with Crippen LogP contribution in [0.1, 0.15) is 0 Å². The predicted molar refractivity (Wildman–Crippen MR) is 89.8 cm³/mol. The van der Waals surface area contributed by atoms with Gasteiger partial charge in [-0.05, 0) is 19.2 Å². The third-order valence-corrected chi connectivity index (χ3v) is 3.63. The second kappa shape index (κ2) is 6.25. The van der Waals surface area contributed by atoms with Gasteiger partial charge in [0.2, 0.25) is 0 Å². The van der Waals surface area contributed by atoms with E-state index in [-0.39, 0.29) is 5.75 Å². The molecule has 3 rings (SSSR count). The average Bonchev–Trinajstić information content (AvgIpc) is 2.90. The third-order valence-electron chi connectivity index (χ3n) is 3.31. The van der Waals surface area contributed by atoms with E-state index in [1.807, 2.05) is 25.2 Å². The molecule has 3 N–H and O–H groups in total. The van der Waals surface area contributed by atoms with Crippen LogP contribution in [-0.2, 0) is 0 Å². The molecular weight excluding hydrogens is 298 g/mol. The van der Waals surface area contributed by atoms with Gasteiger partial charge in [0.1, 0.15) is 11.6 Å². The SMILES string of the molecule is CNCCNc1cc(-c2ccccc2O)nc2c(S)cnn12. The monoisotopic (exact) mass is 315 g/mol. The van der Waals surface area contributed by atoms with Gasteiger partial charge >= 0.3 is 0 Å². The number of nitrogens with one attached hydrogen (secondary N) is 2. The predicted octanol–water partition coefficient (Wildman–Crippen LogP) is 2.02. The van der Waals surface area contributed by atoms with E-state index in [9.17, 15) is 5.11 Å². The first kappa shape index (κ1) is 14.7. The fourth-order valence-electron chi connectivity index (χ4n) is 2.22. The fraction of sp³-hybridized carbons (Fsp3) is 0.200. The van der Waals surface area contributed by atoms with Crippen molar-refractivity contribution in [3.8, 4) is 17.0 Å². The quantitative estimate of drug-likeness (QED) is 0.428. The molecule has 0 amide bonds. The van der Waals surface area contributed by atoms with Crippen LogP contribution in [0.2, 0.25) is 0 Å². The summed E-state index contributed by atoms with van der Waals surface area (Å²) in [4.78, 5) is 5.25. The molecule has 1 aromatic carbocycles. The Bertz CT molecular complexity index is 802. The van der Waals surface area contributed by atoms with E-state index in [1.165, 1.54) is 0 Å². The Morgan fingerprint density at radius 3 is 2.86 bits per heavy atom. The Balaban J connectivity index is 2.11. The summed E-state index contributed by atoms with van der Waals surface area (Å²) in [5.41, 5.74) is 2.00. The van der Waals surface area contributed by atoms with Crippen LogP contribution in [-0.4, -0.2) is 39.8 Å². The number of fused-ring (bicyclic) bond motifs is 1. The van der Waals surface area contributed by atoms with E-state index in [0.29, 0.717) is 21.8 Å². The Hall–Kier alpha value is -2.25. The lowest BCUT2D eigenvalue weighted by Gasteiger charge is -2.11. The van der Waals surface area contributed by atoms with Crippen molar-refractivity contribution in [2.24, 2.45) is 0 Å². The maximum absolute atomic E-state index is 10.0. The van der Waals surface area contributed by atoms with Crippen molar-refractivity contribution in [2.75, 3.05) is 25.5 Å². The van der Waals surface area contributed by atoms with Crippen LogP contribution in [0.5, 0.6) is 5.75 Å². The van der Waals surface area contributed by atoms with Gasteiger partial charge in [-0.2, -0.15) is 9.61 Å². The van der Waals surface area contributed by atoms with Gasteiger partial charge in [-0.15, -0.1) is 12.6 Å². The molecule has 0 aliphatic heterocycles. The Kier molecular flexibility index (Phi) is 4.17. The molecular formula is C15H17N5OS. The molecule has 0 radical (unpaired) electrons. The third kappa shape index (κ3) is 2.72. The van der Waals surface area contributed by atoms with Crippen LogP contribution >= 0.6 is 12.6 Å². The number of nitrogens with zero attached hydrogens (tertiary/aromatic N) is 3. The largest absolute Gasteiger partial charge is 0.507 e. The molecule has 0 aliphatic carbocycles. The maximum atomic E-state index is 10.0. The summed E-state index contributed by atoms with van der Waals surface area (Å²) in [6.07, 6.45) is 1.66. The number of para-hydroxylation sites is 1. The van der Waals surface area contributed by atoms with Crippen LogP contribution in [0.25, 0.3) is 16.9 Å². The highest BCUT2D eigenvalue weighted by Gasteiger charge is 2.12. The minimum absolute atomic E-state index is 0.195. The number of phenolic OH excluding ortho intramolecular Hbond substituents is 1. The van der Waals surface area contributed by atoms with Crippen molar-refractivity contribution in [2.45, 2.75) is 4.90 Å². The summed E-state index contributed by atoms with van der Waals surface area (Å²) in [6.45, 7) is 1.57. The van der Waals surface area contributed by atoms with E-state index in [4.69, 9.17) is 0 Å². The zero-order valence-electron chi connectivity index (χ0n) is 12.1. The normalized spacial score (nSPS) is 11.0. The lowest BCUT2D eigenvalue weighted by molar-refractivity contribution is 0.477. The molecule has 2 heterocycles. The molecule has 0 unspecified atom stereocenters. The van der Waals surface area contributed by atoms with Gasteiger partial charge in [0.05, 0.1) is 16.8 Å². The summed E-state index contributed by atoms with van der Waals surface area (Å²) in [5.74, 6) is 1.000. The van der Waals surface area contributed by atoms with Crippen LogP contribution in [0.4, 0.5) is 5.82 Å². The summed E-state index contributed by atoms with van der Waals surface area (Å²) in [5, 5.41) is 20.7. The first-order valence-electron chi connectivity index (χ1n) is 6.95. The van der Waals surface area contributed by atoms with Gasteiger partial charge in [0.25, 0.3) is 0 Å². The van der Waals surface area contributed by atoms with E-state index in [1.54, 1.807) is 22.8 Å². The topological polar surface area (TPSA) is 74.5 Å². The van der Waals surface area contributed by atoms with Crippen molar-refractivity contribution in [3.05, 3.63) is 36.5 Å². The summed E-state index contributed by atoms with van der Waals surface area (Å²) < 4.78 is 1.71. The number of aromatic hydroxyl groups is 1. The summed E-state index contributed by atoms with van der Waals surface area (Å²) in [7, 11) is 1.90.